The van der Waals surface area contributed by atoms with Gasteiger partial charge in [0.1, 0.15) is 12.1 Å². The van der Waals surface area contributed by atoms with Gasteiger partial charge >= 0.3 is 11.9 Å². The number of nitrogens with one attached hydrogen (secondary N) is 1. The molecule has 2 fully saturated rings. The van der Waals surface area contributed by atoms with Crippen LogP contribution in [-0.4, -0.2) is 76.9 Å². The number of aliphatic hydroxyl groups excluding tert-OH is 1. The first-order chi connectivity index (χ1) is 16.3. The predicted octanol–water partition coefficient (Wildman–Crippen LogP) is 1.32. The first kappa shape index (κ1) is 27.8. The third-order valence-corrected chi connectivity index (χ3v) is 6.46. The molecule has 9 nitrogen and oxygen atoms in total. The van der Waals surface area contributed by atoms with Gasteiger partial charge in [-0.05, 0) is 57.4 Å². The Hall–Kier alpha value is -2.49. The van der Waals surface area contributed by atoms with E-state index in [4.69, 9.17) is 15.6 Å². The molecule has 1 aromatic rings. The number of hydrogen-bond donors (Lipinski definition) is 4. The Morgan fingerprint density at radius 2 is 1.91 bits per heavy atom. The summed E-state index contributed by atoms with van der Waals surface area (Å²) >= 11 is 0. The number of rotatable bonds is 10. The fraction of sp³-hybridized carbons (Fsp3) is 0.640. The topological polar surface area (TPSA) is 142 Å². The average Bonchev–Trinajstić information content (AvgIpc) is 3.43. The molecule has 190 valence electrons. The van der Waals surface area contributed by atoms with Crippen LogP contribution >= 0.6 is 0 Å². The summed E-state index contributed by atoms with van der Waals surface area (Å²) in [4.78, 5) is 39.1. The number of hydrogen-bond acceptors (Lipinski definition) is 7. The molecule has 2 aliphatic rings. The Kier molecular flexibility index (Phi) is 11.5. The Morgan fingerprint density at radius 3 is 2.50 bits per heavy atom. The second-order valence-corrected chi connectivity index (χ2v) is 8.82. The number of nitrogens with two attached hydrogens (primary N) is 1. The molecule has 9 heteroatoms. The number of aryl methyl sites for hydroxylation is 1. The second-order valence-electron chi connectivity index (χ2n) is 8.82. The molecule has 1 aliphatic heterocycles. The molecule has 0 unspecified atom stereocenters. The molecular weight excluding hydrogens is 438 g/mol. The van der Waals surface area contributed by atoms with E-state index in [1.165, 1.54) is 0 Å². The van der Waals surface area contributed by atoms with Crippen molar-refractivity contribution in [3.63, 3.8) is 0 Å². The van der Waals surface area contributed by atoms with E-state index in [1.807, 2.05) is 30.3 Å². The lowest BCUT2D eigenvalue weighted by Crippen LogP contribution is -2.55. The number of aliphatic carboxylic acids is 1. The normalized spacial score (nSPS) is 22.8. The molecule has 0 bridgehead atoms. The van der Waals surface area contributed by atoms with Gasteiger partial charge in [0, 0.05) is 12.6 Å². The van der Waals surface area contributed by atoms with Gasteiger partial charge in [-0.1, -0.05) is 36.8 Å². The molecule has 5 N–H and O–H groups in total. The predicted molar refractivity (Wildman–Crippen MR) is 128 cm³/mol. The van der Waals surface area contributed by atoms with E-state index in [1.54, 1.807) is 18.7 Å². The van der Waals surface area contributed by atoms with Crippen molar-refractivity contribution < 1.29 is 29.3 Å². The number of amides is 1. The number of likely N-dealkylation sites (tertiary alicyclic amines) is 1. The third-order valence-electron chi connectivity index (χ3n) is 6.46. The molecule has 1 amide bonds. The molecular formula is C25H39N3O6. The summed E-state index contributed by atoms with van der Waals surface area (Å²) in [6.45, 7) is 4.20. The summed E-state index contributed by atoms with van der Waals surface area (Å²) in [6.07, 6.45) is 4.54. The standard InChI is InChI=1S/C23H32N2O5.C2H7NO/c1-3-30-23(29)18(13-12-16-8-5-4-6-9-16)24-15(2)21(26)25-19-11-7-10-17(19)14-20(25)22(27)28;3-1-2-4/h4-6,8-9,15,17-20,24H,3,7,10-14H2,1-2H3,(H,27,28);4H,1-3H2/t15-,17-,18-,19-,20-;/m0./s1. The number of ether oxygens (including phenoxy) is 1. The van der Waals surface area contributed by atoms with E-state index in [9.17, 15) is 19.5 Å². The Morgan fingerprint density at radius 1 is 1.24 bits per heavy atom. The van der Waals surface area contributed by atoms with Crippen molar-refractivity contribution in [1.29, 1.82) is 0 Å². The van der Waals surface area contributed by atoms with Crippen molar-refractivity contribution in [1.82, 2.24) is 10.2 Å². The highest BCUT2D eigenvalue weighted by Crippen LogP contribution is 2.41. The van der Waals surface area contributed by atoms with Crippen LogP contribution in [-0.2, 0) is 25.5 Å². The molecule has 1 saturated heterocycles. The number of carboxylic acids is 1. The Labute approximate surface area is 201 Å². The van der Waals surface area contributed by atoms with E-state index in [-0.39, 0.29) is 37.0 Å². The summed E-state index contributed by atoms with van der Waals surface area (Å²) in [6, 6.07) is 7.76. The van der Waals surface area contributed by atoms with Gasteiger partial charge in [-0.2, -0.15) is 0 Å². The van der Waals surface area contributed by atoms with Crippen LogP contribution in [0.5, 0.6) is 0 Å². The summed E-state index contributed by atoms with van der Waals surface area (Å²) < 4.78 is 5.21. The zero-order chi connectivity index (χ0) is 25.1. The highest BCUT2D eigenvalue weighted by atomic mass is 16.5. The van der Waals surface area contributed by atoms with Gasteiger partial charge in [-0.25, -0.2) is 4.79 Å². The van der Waals surface area contributed by atoms with Gasteiger partial charge in [0.15, 0.2) is 0 Å². The van der Waals surface area contributed by atoms with Crippen molar-refractivity contribution in [3.8, 4) is 0 Å². The second kappa shape index (κ2) is 14.0. The van der Waals surface area contributed by atoms with Crippen LogP contribution in [0.3, 0.4) is 0 Å². The summed E-state index contributed by atoms with van der Waals surface area (Å²) in [5.41, 5.74) is 5.88. The van der Waals surface area contributed by atoms with E-state index in [0.29, 0.717) is 25.8 Å². The Balaban J connectivity index is 0.000000945. The maximum absolute atomic E-state index is 13.2. The molecule has 0 radical (unpaired) electrons. The maximum Gasteiger partial charge on any atom is 0.326 e. The number of carboxylic acid groups (broad SMARTS) is 1. The van der Waals surface area contributed by atoms with Crippen LogP contribution in [0.1, 0.15) is 51.5 Å². The maximum atomic E-state index is 13.2. The molecule has 34 heavy (non-hydrogen) atoms. The van der Waals surface area contributed by atoms with Crippen LogP contribution in [0.4, 0.5) is 0 Å². The number of esters is 1. The van der Waals surface area contributed by atoms with Crippen molar-refractivity contribution in [2.24, 2.45) is 11.7 Å². The van der Waals surface area contributed by atoms with Gasteiger partial charge in [0.25, 0.3) is 0 Å². The smallest absolute Gasteiger partial charge is 0.326 e. The third kappa shape index (κ3) is 7.51. The lowest BCUT2D eigenvalue weighted by Gasteiger charge is -2.31. The molecule has 5 atom stereocenters. The van der Waals surface area contributed by atoms with E-state index in [0.717, 1.165) is 24.8 Å². The van der Waals surface area contributed by atoms with Gasteiger partial charge in [-0.3, -0.25) is 14.9 Å². The lowest BCUT2D eigenvalue weighted by molar-refractivity contribution is -0.151. The first-order valence-electron chi connectivity index (χ1n) is 12.2. The van der Waals surface area contributed by atoms with Gasteiger partial charge in [0.05, 0.1) is 19.3 Å². The zero-order valence-corrected chi connectivity index (χ0v) is 20.2. The summed E-state index contributed by atoms with van der Waals surface area (Å²) in [5, 5.41) is 20.5. The number of fused-ring (bicyclic) bond motifs is 1. The SMILES string of the molecule is CCOC(=O)[C@H](CCc1ccccc1)N[C@@H](C)C(=O)N1[C@H](C(=O)O)C[C@@H]2CCC[C@@H]21.NCCO. The van der Waals surface area contributed by atoms with Crippen LogP contribution < -0.4 is 11.1 Å². The minimum absolute atomic E-state index is 0.00629. The van der Waals surface area contributed by atoms with E-state index < -0.39 is 24.1 Å². The van der Waals surface area contributed by atoms with E-state index >= 15 is 0 Å². The molecule has 0 aromatic heterocycles. The quantitative estimate of drug-likeness (QED) is 0.370. The van der Waals surface area contributed by atoms with Crippen molar-refractivity contribution in [3.05, 3.63) is 35.9 Å². The van der Waals surface area contributed by atoms with Crippen LogP contribution in [0.25, 0.3) is 0 Å². The number of aliphatic hydroxyl groups is 1. The van der Waals surface area contributed by atoms with Crippen molar-refractivity contribution >= 4 is 17.8 Å². The van der Waals surface area contributed by atoms with Gasteiger partial charge < -0.3 is 25.6 Å². The van der Waals surface area contributed by atoms with Crippen molar-refractivity contribution in [2.75, 3.05) is 19.8 Å². The van der Waals surface area contributed by atoms with Crippen LogP contribution in [0, 0.1) is 5.92 Å². The molecule has 3 rings (SSSR count). The highest BCUT2D eigenvalue weighted by molar-refractivity contribution is 5.88. The highest BCUT2D eigenvalue weighted by Gasteiger charge is 2.49. The number of nitrogens with zero attached hydrogens (tertiary/aromatic N) is 1. The van der Waals surface area contributed by atoms with Crippen LogP contribution in [0.2, 0.25) is 0 Å². The average molecular weight is 478 g/mol. The Bertz CT molecular complexity index is 788. The summed E-state index contributed by atoms with van der Waals surface area (Å²) in [7, 11) is 0. The van der Waals surface area contributed by atoms with Gasteiger partial charge in [-0.15, -0.1) is 0 Å². The fourth-order valence-corrected chi connectivity index (χ4v) is 4.89. The monoisotopic (exact) mass is 477 g/mol. The minimum Gasteiger partial charge on any atom is -0.480 e. The number of carbonyl (C=O) groups excluding carboxylic acids is 2. The minimum atomic E-state index is -0.948. The zero-order valence-electron chi connectivity index (χ0n) is 20.2. The largest absolute Gasteiger partial charge is 0.480 e. The molecule has 1 aromatic carbocycles. The molecule has 1 saturated carbocycles. The van der Waals surface area contributed by atoms with Crippen molar-refractivity contribution in [2.45, 2.75) is 76.5 Å². The molecule has 1 heterocycles. The fourth-order valence-electron chi connectivity index (χ4n) is 4.89. The number of carbonyl (C=O) groups is 3. The van der Waals surface area contributed by atoms with Crippen LogP contribution in [0.15, 0.2) is 30.3 Å². The van der Waals surface area contributed by atoms with E-state index in [2.05, 4.69) is 5.32 Å². The number of benzene rings is 1. The summed E-state index contributed by atoms with van der Waals surface area (Å²) in [5.74, 6) is -1.31. The molecule has 0 spiro atoms. The lowest BCUT2D eigenvalue weighted by atomic mass is 10.0. The molecule has 1 aliphatic carbocycles. The first-order valence-corrected chi connectivity index (χ1v) is 12.2. The van der Waals surface area contributed by atoms with Gasteiger partial charge in [0.2, 0.25) is 5.91 Å².